The first-order valence-corrected chi connectivity index (χ1v) is 11.8. The second kappa shape index (κ2) is 9.63. The van der Waals surface area contributed by atoms with Gasteiger partial charge < -0.3 is 9.40 Å². The first kappa shape index (κ1) is 22.8. The molecular formula is C21H22FN5O5S. The third-order valence-corrected chi connectivity index (χ3v) is 6.43. The molecule has 0 unspecified atom stereocenters. The van der Waals surface area contributed by atoms with Crippen molar-refractivity contribution >= 4 is 38.6 Å². The molecule has 12 heteroatoms. The molecule has 1 amide bonds. The number of hydrogen-bond acceptors (Lipinski definition) is 8. The number of rotatable bonds is 10. The van der Waals surface area contributed by atoms with Gasteiger partial charge in [0.15, 0.2) is 5.71 Å². The fourth-order valence-electron chi connectivity index (χ4n) is 3.64. The van der Waals surface area contributed by atoms with Gasteiger partial charge in [0, 0.05) is 12.7 Å². The number of aromatic nitrogens is 3. The molecule has 0 saturated heterocycles. The van der Waals surface area contributed by atoms with Crippen molar-refractivity contribution in [2.75, 3.05) is 31.0 Å². The van der Waals surface area contributed by atoms with Crippen molar-refractivity contribution in [2.45, 2.75) is 19.5 Å². The number of carbonyl (C=O) groups excluding carboxylic acids is 1. The lowest BCUT2D eigenvalue weighted by atomic mass is 10.2. The summed E-state index contributed by atoms with van der Waals surface area (Å²) in [6.45, 7) is -0.545. The van der Waals surface area contributed by atoms with Crippen molar-refractivity contribution in [3.05, 3.63) is 54.0 Å². The van der Waals surface area contributed by atoms with E-state index in [-0.39, 0.29) is 24.6 Å². The van der Waals surface area contributed by atoms with Crippen LogP contribution in [-0.4, -0.2) is 60.7 Å². The molecule has 1 aliphatic heterocycles. The van der Waals surface area contributed by atoms with Crippen LogP contribution in [0.3, 0.4) is 0 Å². The fraction of sp³-hybridized carbons (Fsp3) is 0.333. The van der Waals surface area contributed by atoms with Gasteiger partial charge in [0.25, 0.3) is 16.0 Å². The number of benzene rings is 1. The average molecular weight is 476 g/mol. The molecule has 4 rings (SSSR count). The molecule has 0 spiro atoms. The number of imidazole rings is 1. The maximum Gasteiger partial charge on any atom is 0.282 e. The van der Waals surface area contributed by atoms with Gasteiger partial charge in [-0.25, -0.2) is 14.4 Å². The molecule has 0 radical (unpaired) electrons. The predicted octanol–water partition coefficient (Wildman–Crippen LogP) is 2.03. The van der Waals surface area contributed by atoms with Crippen LogP contribution in [0, 0.1) is 0 Å². The van der Waals surface area contributed by atoms with E-state index >= 15 is 0 Å². The number of alkyl halides is 1. The van der Waals surface area contributed by atoms with Gasteiger partial charge in [0.2, 0.25) is 0 Å². The minimum atomic E-state index is -3.59. The number of nitrogens with zero attached hydrogens (tertiary/aromatic N) is 5. The number of para-hydroxylation sites is 2. The molecule has 0 N–H and O–H groups in total. The quantitative estimate of drug-likeness (QED) is 0.250. The van der Waals surface area contributed by atoms with E-state index in [2.05, 4.69) is 19.3 Å². The molecule has 10 nitrogen and oxygen atoms in total. The van der Waals surface area contributed by atoms with Gasteiger partial charge in [-0.2, -0.15) is 8.42 Å². The number of pyridine rings is 1. The number of carbonyl (C=O) groups is 1. The normalized spacial score (nSPS) is 14.9. The molecule has 1 aromatic carbocycles. The van der Waals surface area contributed by atoms with Crippen LogP contribution in [0.4, 0.5) is 10.2 Å². The Morgan fingerprint density at radius 1 is 1.18 bits per heavy atom. The Bertz CT molecular complexity index is 1310. The van der Waals surface area contributed by atoms with Gasteiger partial charge in [-0.05, 0) is 30.7 Å². The summed E-state index contributed by atoms with van der Waals surface area (Å²) in [6.07, 6.45) is 1.86. The minimum Gasteiger partial charge on any atom is -0.392 e. The number of amides is 1. The zero-order chi connectivity index (χ0) is 23.4. The summed E-state index contributed by atoms with van der Waals surface area (Å²) in [5.41, 5.74) is 2.06. The summed E-state index contributed by atoms with van der Waals surface area (Å²) in [5.74, 6) is 0.362. The number of fused-ring (bicyclic) bond motifs is 2. The van der Waals surface area contributed by atoms with Crippen LogP contribution in [0.5, 0.6) is 0 Å². The molecule has 3 heterocycles. The molecule has 174 valence electrons. The van der Waals surface area contributed by atoms with Crippen molar-refractivity contribution in [1.82, 2.24) is 14.5 Å². The van der Waals surface area contributed by atoms with E-state index in [0.717, 1.165) is 18.1 Å². The van der Waals surface area contributed by atoms with Gasteiger partial charge in [-0.1, -0.05) is 17.3 Å². The lowest BCUT2D eigenvalue weighted by Crippen LogP contribution is -2.31. The Labute approximate surface area is 189 Å². The maximum absolute atomic E-state index is 13.1. The Balaban J connectivity index is 1.66. The molecule has 33 heavy (non-hydrogen) atoms. The minimum absolute atomic E-state index is 0.0420. The number of hydrogen-bond donors (Lipinski definition) is 0. The van der Waals surface area contributed by atoms with Crippen LogP contribution in [0.2, 0.25) is 0 Å². The molecule has 0 saturated carbocycles. The smallest absolute Gasteiger partial charge is 0.282 e. The summed E-state index contributed by atoms with van der Waals surface area (Å²) >= 11 is 0. The number of aryl methyl sites for hydroxylation is 1. The zero-order valence-electron chi connectivity index (χ0n) is 17.8. The highest BCUT2D eigenvalue weighted by atomic mass is 32.2. The molecule has 0 fully saturated rings. The van der Waals surface area contributed by atoms with Crippen LogP contribution in [0.25, 0.3) is 11.0 Å². The van der Waals surface area contributed by atoms with Gasteiger partial charge in [-0.3, -0.25) is 13.9 Å². The Hall–Kier alpha value is -3.38. The van der Waals surface area contributed by atoms with Crippen molar-refractivity contribution < 1.29 is 26.6 Å². The van der Waals surface area contributed by atoms with Crippen LogP contribution >= 0.6 is 0 Å². The van der Waals surface area contributed by atoms with Gasteiger partial charge in [-0.15, -0.1) is 0 Å². The molecule has 3 aromatic rings. The van der Waals surface area contributed by atoms with E-state index in [1.807, 2.05) is 28.8 Å². The van der Waals surface area contributed by atoms with Gasteiger partial charge in [0.1, 0.15) is 24.9 Å². The molecule has 0 aliphatic carbocycles. The first-order chi connectivity index (χ1) is 15.9. The Kier molecular flexibility index (Phi) is 6.65. The van der Waals surface area contributed by atoms with Crippen molar-refractivity contribution in [1.29, 1.82) is 0 Å². The zero-order valence-corrected chi connectivity index (χ0v) is 18.7. The van der Waals surface area contributed by atoms with E-state index < -0.39 is 22.7 Å². The van der Waals surface area contributed by atoms with Crippen LogP contribution < -0.4 is 4.90 Å². The standard InChI is InChI=1S/C21H22FN5O5S/c1-31-33(29,30)13-5-11-26-17-8-3-2-7-16(17)24-18(26)14-27-20-15(6-4-10-23-20)19(21(27)28)25-32-12-9-22/h2-4,6-8,10H,5,9,11-14H2,1H3/b25-19+. The van der Waals surface area contributed by atoms with Gasteiger partial charge >= 0.3 is 0 Å². The third-order valence-electron chi connectivity index (χ3n) is 5.13. The lowest BCUT2D eigenvalue weighted by molar-refractivity contribution is -0.112. The van der Waals surface area contributed by atoms with Gasteiger partial charge in [0.05, 0.1) is 36.0 Å². The molecule has 0 atom stereocenters. The lowest BCUT2D eigenvalue weighted by Gasteiger charge is -2.17. The monoisotopic (exact) mass is 475 g/mol. The van der Waals surface area contributed by atoms with E-state index in [4.69, 9.17) is 4.84 Å². The second-order valence-electron chi connectivity index (χ2n) is 7.18. The average Bonchev–Trinajstić information content (AvgIpc) is 3.29. The van der Waals surface area contributed by atoms with E-state index in [1.165, 1.54) is 4.90 Å². The Morgan fingerprint density at radius 2 is 2.00 bits per heavy atom. The van der Waals surface area contributed by atoms with E-state index in [0.29, 0.717) is 30.2 Å². The fourth-order valence-corrected chi connectivity index (χ4v) is 4.28. The second-order valence-corrected chi connectivity index (χ2v) is 9.04. The van der Waals surface area contributed by atoms with Crippen LogP contribution in [0.15, 0.2) is 47.8 Å². The topological polar surface area (TPSA) is 116 Å². The number of anilines is 1. The van der Waals surface area contributed by atoms with Crippen LogP contribution in [0.1, 0.15) is 17.8 Å². The summed E-state index contributed by atoms with van der Waals surface area (Å²) in [5, 5.41) is 3.82. The van der Waals surface area contributed by atoms with Crippen molar-refractivity contribution in [3.63, 3.8) is 0 Å². The first-order valence-electron chi connectivity index (χ1n) is 10.2. The molecular weight excluding hydrogens is 453 g/mol. The largest absolute Gasteiger partial charge is 0.392 e. The van der Waals surface area contributed by atoms with E-state index in [1.54, 1.807) is 18.3 Å². The summed E-state index contributed by atoms with van der Waals surface area (Å²) in [4.78, 5) is 28.4. The summed E-state index contributed by atoms with van der Waals surface area (Å²) in [6, 6.07) is 10.8. The maximum atomic E-state index is 13.1. The van der Waals surface area contributed by atoms with Crippen molar-refractivity contribution in [2.24, 2.45) is 5.16 Å². The highest BCUT2D eigenvalue weighted by Gasteiger charge is 2.36. The molecule has 1 aliphatic rings. The third kappa shape index (κ3) is 4.71. The SMILES string of the molecule is COS(=O)(=O)CCCn1c(CN2C(=O)/C(=N/OCCF)c3cccnc32)nc2ccccc21. The van der Waals surface area contributed by atoms with Crippen molar-refractivity contribution in [3.8, 4) is 0 Å². The number of oxime groups is 1. The van der Waals surface area contributed by atoms with E-state index in [9.17, 15) is 17.6 Å². The highest BCUT2D eigenvalue weighted by Crippen LogP contribution is 2.29. The Morgan fingerprint density at radius 3 is 2.79 bits per heavy atom. The highest BCUT2D eigenvalue weighted by molar-refractivity contribution is 7.86. The molecule has 2 aromatic heterocycles. The summed E-state index contributed by atoms with van der Waals surface area (Å²) < 4.78 is 42.3. The summed E-state index contributed by atoms with van der Waals surface area (Å²) in [7, 11) is -2.46. The predicted molar refractivity (Wildman–Crippen MR) is 119 cm³/mol. The van der Waals surface area contributed by atoms with Crippen LogP contribution in [-0.2, 0) is 37.0 Å². The molecule has 0 bridgehead atoms. The number of halogens is 1.